The second kappa shape index (κ2) is 4.24. The van der Waals surface area contributed by atoms with Crippen LogP contribution in [0, 0.1) is 16.0 Å². The molecule has 18 heavy (non-hydrogen) atoms. The average molecular weight is 266 g/mol. The van der Waals surface area contributed by atoms with E-state index in [9.17, 15) is 10.1 Å². The summed E-state index contributed by atoms with van der Waals surface area (Å²) in [4.78, 5) is 17.8. The Bertz CT molecular complexity index is 587. The molecule has 2 aromatic heterocycles. The molecule has 1 fully saturated rings. The minimum Gasteiger partial charge on any atom is -0.358 e. The van der Waals surface area contributed by atoms with Crippen molar-refractivity contribution in [3.05, 3.63) is 21.7 Å². The van der Waals surface area contributed by atoms with Crippen LogP contribution in [0.2, 0.25) is 0 Å². The number of aromatic nitrogens is 2. The summed E-state index contributed by atoms with van der Waals surface area (Å²) >= 11 is 1.41. The van der Waals surface area contributed by atoms with Crippen molar-refractivity contribution in [2.24, 2.45) is 5.92 Å². The lowest BCUT2D eigenvalue weighted by Gasteiger charge is -2.15. The van der Waals surface area contributed by atoms with Gasteiger partial charge in [0.1, 0.15) is 6.20 Å². The Labute approximate surface area is 108 Å². The zero-order valence-electron chi connectivity index (χ0n) is 10.1. The second-order valence-electron chi connectivity index (χ2n) is 4.73. The third-order valence-corrected chi connectivity index (χ3v) is 4.08. The molecule has 3 rings (SSSR count). The van der Waals surface area contributed by atoms with Gasteiger partial charge in [-0.1, -0.05) is 24.2 Å². The van der Waals surface area contributed by atoms with E-state index in [1.165, 1.54) is 24.2 Å². The van der Waals surface area contributed by atoms with Crippen LogP contribution < -0.4 is 4.90 Å². The van der Waals surface area contributed by atoms with E-state index in [2.05, 4.69) is 4.98 Å². The van der Waals surface area contributed by atoms with Gasteiger partial charge in [-0.15, -0.1) is 0 Å². The van der Waals surface area contributed by atoms with Gasteiger partial charge in [-0.25, -0.2) is 0 Å². The van der Waals surface area contributed by atoms with Crippen LogP contribution >= 0.6 is 11.3 Å². The SMILES string of the molecule is CN(CCC1CC1)c1nc2sccn2c1[N+](=O)[O-]. The van der Waals surface area contributed by atoms with Gasteiger partial charge >= 0.3 is 5.82 Å². The summed E-state index contributed by atoms with van der Waals surface area (Å²) in [6, 6.07) is 0. The van der Waals surface area contributed by atoms with E-state index in [1.54, 1.807) is 10.6 Å². The van der Waals surface area contributed by atoms with E-state index in [4.69, 9.17) is 0 Å². The average Bonchev–Trinajstić information content (AvgIpc) is 2.91. The third kappa shape index (κ3) is 1.94. The number of imidazole rings is 1. The Morgan fingerprint density at radius 3 is 3.11 bits per heavy atom. The molecule has 0 aromatic carbocycles. The van der Waals surface area contributed by atoms with Crippen molar-refractivity contribution in [2.45, 2.75) is 19.3 Å². The molecular weight excluding hydrogens is 252 g/mol. The van der Waals surface area contributed by atoms with Gasteiger partial charge in [0.2, 0.25) is 5.82 Å². The van der Waals surface area contributed by atoms with Crippen molar-refractivity contribution in [1.82, 2.24) is 9.38 Å². The molecule has 6 nitrogen and oxygen atoms in total. The van der Waals surface area contributed by atoms with Crippen LogP contribution in [0.5, 0.6) is 0 Å². The third-order valence-electron chi connectivity index (χ3n) is 3.32. The predicted molar refractivity (Wildman–Crippen MR) is 70.3 cm³/mol. The minimum absolute atomic E-state index is 0.0737. The number of hydrogen-bond donors (Lipinski definition) is 0. The molecule has 1 aliphatic carbocycles. The highest BCUT2D eigenvalue weighted by Crippen LogP contribution is 2.34. The Hall–Kier alpha value is -1.63. The number of nitro groups is 1. The molecule has 0 atom stereocenters. The lowest BCUT2D eigenvalue weighted by Crippen LogP contribution is -2.20. The first-order chi connectivity index (χ1) is 8.66. The van der Waals surface area contributed by atoms with Crippen LogP contribution in [-0.4, -0.2) is 27.9 Å². The molecule has 0 amide bonds. The van der Waals surface area contributed by atoms with Crippen LogP contribution in [0.3, 0.4) is 0 Å². The van der Waals surface area contributed by atoms with Crippen molar-refractivity contribution >= 4 is 27.9 Å². The Morgan fingerprint density at radius 2 is 2.44 bits per heavy atom. The van der Waals surface area contributed by atoms with Crippen molar-refractivity contribution in [2.75, 3.05) is 18.5 Å². The van der Waals surface area contributed by atoms with Crippen molar-refractivity contribution in [1.29, 1.82) is 0 Å². The molecular formula is C11H14N4O2S. The van der Waals surface area contributed by atoms with Gasteiger partial charge in [-0.3, -0.25) is 0 Å². The summed E-state index contributed by atoms with van der Waals surface area (Å²) in [5.74, 6) is 1.37. The van der Waals surface area contributed by atoms with Crippen LogP contribution in [0.25, 0.3) is 4.96 Å². The van der Waals surface area contributed by atoms with E-state index in [1.807, 2.05) is 17.3 Å². The van der Waals surface area contributed by atoms with Crippen molar-refractivity contribution < 1.29 is 4.92 Å². The number of fused-ring (bicyclic) bond motifs is 1. The van der Waals surface area contributed by atoms with Crippen LogP contribution in [0.1, 0.15) is 19.3 Å². The molecule has 1 saturated carbocycles. The zero-order chi connectivity index (χ0) is 12.7. The summed E-state index contributed by atoms with van der Waals surface area (Å²) < 4.78 is 1.55. The normalized spacial score (nSPS) is 15.2. The maximum Gasteiger partial charge on any atom is 0.373 e. The Morgan fingerprint density at radius 1 is 1.67 bits per heavy atom. The Balaban J connectivity index is 1.90. The second-order valence-corrected chi connectivity index (χ2v) is 5.60. The number of anilines is 1. The van der Waals surface area contributed by atoms with E-state index in [0.717, 1.165) is 18.9 Å². The topological polar surface area (TPSA) is 63.7 Å². The number of hydrogen-bond acceptors (Lipinski definition) is 5. The highest BCUT2D eigenvalue weighted by molar-refractivity contribution is 7.15. The summed E-state index contributed by atoms with van der Waals surface area (Å²) in [6.07, 6.45) is 5.39. The molecule has 0 N–H and O–H groups in total. The first-order valence-corrected chi connectivity index (χ1v) is 6.86. The maximum absolute atomic E-state index is 11.2. The van der Waals surface area contributed by atoms with Crippen molar-refractivity contribution in [3.63, 3.8) is 0 Å². The van der Waals surface area contributed by atoms with Crippen LogP contribution in [0.4, 0.5) is 11.6 Å². The fraction of sp³-hybridized carbons (Fsp3) is 0.545. The van der Waals surface area contributed by atoms with Gasteiger partial charge in [0.25, 0.3) is 4.96 Å². The fourth-order valence-corrected chi connectivity index (χ4v) is 2.78. The molecule has 2 heterocycles. The molecule has 0 aliphatic heterocycles. The molecule has 96 valence electrons. The van der Waals surface area contributed by atoms with Crippen LogP contribution in [0.15, 0.2) is 11.6 Å². The standard InChI is InChI=1S/C11H14N4O2S/c1-13(5-4-8-2-3-8)9-10(15(16)17)14-6-7-18-11(14)12-9/h6-8H,2-5H2,1H3. The van der Waals surface area contributed by atoms with E-state index >= 15 is 0 Å². The molecule has 0 radical (unpaired) electrons. The Kier molecular flexibility index (Phi) is 2.70. The van der Waals surface area contributed by atoms with Gasteiger partial charge in [0, 0.05) is 19.0 Å². The van der Waals surface area contributed by atoms with Crippen molar-refractivity contribution in [3.8, 4) is 0 Å². The summed E-state index contributed by atoms with van der Waals surface area (Å²) in [5.41, 5.74) is 0. The van der Waals surface area contributed by atoms with Gasteiger partial charge in [-0.05, 0) is 17.3 Å². The molecule has 0 unspecified atom stereocenters. The summed E-state index contributed by atoms with van der Waals surface area (Å²) in [7, 11) is 1.88. The molecule has 7 heteroatoms. The summed E-state index contributed by atoms with van der Waals surface area (Å²) in [6.45, 7) is 0.830. The zero-order valence-corrected chi connectivity index (χ0v) is 10.9. The van der Waals surface area contributed by atoms with Crippen LogP contribution in [-0.2, 0) is 0 Å². The monoisotopic (exact) mass is 266 g/mol. The highest BCUT2D eigenvalue weighted by Gasteiger charge is 2.27. The maximum atomic E-state index is 11.2. The van der Waals surface area contributed by atoms with E-state index in [0.29, 0.717) is 10.8 Å². The van der Waals surface area contributed by atoms with E-state index in [-0.39, 0.29) is 10.7 Å². The first kappa shape index (κ1) is 11.5. The van der Waals surface area contributed by atoms with Gasteiger partial charge in [0.05, 0.1) is 0 Å². The quantitative estimate of drug-likeness (QED) is 0.616. The smallest absolute Gasteiger partial charge is 0.358 e. The minimum atomic E-state index is -0.352. The molecule has 0 bridgehead atoms. The molecule has 0 saturated heterocycles. The van der Waals surface area contributed by atoms with Gasteiger partial charge in [-0.2, -0.15) is 9.38 Å². The van der Waals surface area contributed by atoms with Gasteiger partial charge in [0.15, 0.2) is 0 Å². The largest absolute Gasteiger partial charge is 0.373 e. The first-order valence-electron chi connectivity index (χ1n) is 5.98. The lowest BCUT2D eigenvalue weighted by atomic mass is 10.3. The predicted octanol–water partition coefficient (Wildman–Crippen LogP) is 2.54. The van der Waals surface area contributed by atoms with Gasteiger partial charge < -0.3 is 15.0 Å². The molecule has 2 aromatic rings. The molecule has 1 aliphatic rings. The number of rotatable bonds is 5. The highest BCUT2D eigenvalue weighted by atomic mass is 32.1. The lowest BCUT2D eigenvalue weighted by molar-refractivity contribution is -0.389. The fourth-order valence-electron chi connectivity index (χ4n) is 2.08. The number of thiazole rings is 1. The summed E-state index contributed by atoms with van der Waals surface area (Å²) in [5, 5.41) is 13.0. The molecule has 0 spiro atoms. The van der Waals surface area contributed by atoms with E-state index < -0.39 is 0 Å². The number of nitrogens with zero attached hydrogens (tertiary/aromatic N) is 4.